The van der Waals surface area contributed by atoms with Gasteiger partial charge in [-0.25, -0.2) is 0 Å². The number of carbonyl (C=O) groups excluding carboxylic acids is 1. The van der Waals surface area contributed by atoms with Gasteiger partial charge in [-0.1, -0.05) is 13.8 Å². The van der Waals surface area contributed by atoms with Gasteiger partial charge in [0.15, 0.2) is 11.5 Å². The summed E-state index contributed by atoms with van der Waals surface area (Å²) in [6.07, 6.45) is 3.95. The number of ether oxygens (including phenoxy) is 3. The molecule has 0 aromatic heterocycles. The van der Waals surface area contributed by atoms with Gasteiger partial charge in [0.1, 0.15) is 0 Å². The first-order valence-corrected chi connectivity index (χ1v) is 8.68. The highest BCUT2D eigenvalue weighted by atomic mass is 16.5. The van der Waals surface area contributed by atoms with Gasteiger partial charge in [0, 0.05) is 18.5 Å². The molecule has 0 heterocycles. The summed E-state index contributed by atoms with van der Waals surface area (Å²) in [5.41, 5.74) is 0.996. The van der Waals surface area contributed by atoms with Gasteiger partial charge in [-0.05, 0) is 43.4 Å². The van der Waals surface area contributed by atoms with Crippen LogP contribution in [0.1, 0.15) is 45.1 Å². The zero-order valence-corrected chi connectivity index (χ0v) is 15.4. The molecule has 5 heteroatoms. The van der Waals surface area contributed by atoms with Crippen LogP contribution in [0.2, 0.25) is 0 Å². The first-order valence-electron chi connectivity index (χ1n) is 8.68. The lowest BCUT2D eigenvalue weighted by molar-refractivity contribution is -0.137. The Hall–Kier alpha value is -1.91. The van der Waals surface area contributed by atoms with Crippen LogP contribution < -0.4 is 14.2 Å². The van der Waals surface area contributed by atoms with Crippen LogP contribution in [0, 0.1) is 5.92 Å². The van der Waals surface area contributed by atoms with Gasteiger partial charge < -0.3 is 19.1 Å². The number of carbonyl (C=O) groups is 1. The summed E-state index contributed by atoms with van der Waals surface area (Å²) in [6, 6.07) is 4.23. The number of methoxy groups -OCH3 is 3. The maximum absolute atomic E-state index is 12.9. The zero-order chi connectivity index (χ0) is 17.7. The van der Waals surface area contributed by atoms with Crippen molar-refractivity contribution in [2.24, 2.45) is 5.92 Å². The summed E-state index contributed by atoms with van der Waals surface area (Å²) in [6.45, 7) is 4.74. The standard InChI is InChI=1S/C19H29NO4/c1-6-14(7-2)19(21)20(15-8-9-15)12-13-10-16(22-3)18(24-5)17(11-13)23-4/h10-11,14-15H,6-9,12H2,1-5H3. The average Bonchev–Trinajstić information content (AvgIpc) is 3.44. The first-order chi connectivity index (χ1) is 11.6. The first kappa shape index (κ1) is 18.4. The minimum absolute atomic E-state index is 0.104. The van der Waals surface area contributed by atoms with Crippen LogP contribution in [0.15, 0.2) is 12.1 Å². The molecule has 0 bridgehead atoms. The fraction of sp³-hybridized carbons (Fsp3) is 0.632. The Bertz CT molecular complexity index is 539. The smallest absolute Gasteiger partial charge is 0.226 e. The molecule has 0 atom stereocenters. The molecule has 0 N–H and O–H groups in total. The van der Waals surface area contributed by atoms with Gasteiger partial charge in [-0.15, -0.1) is 0 Å². The highest BCUT2D eigenvalue weighted by Gasteiger charge is 2.35. The van der Waals surface area contributed by atoms with Crippen molar-refractivity contribution in [3.63, 3.8) is 0 Å². The molecule has 1 fully saturated rings. The summed E-state index contributed by atoms with van der Waals surface area (Å²) in [7, 11) is 4.80. The van der Waals surface area contributed by atoms with Crippen LogP contribution in [0.4, 0.5) is 0 Å². The highest BCUT2D eigenvalue weighted by Crippen LogP contribution is 2.39. The summed E-state index contributed by atoms with van der Waals surface area (Å²) in [5.74, 6) is 2.19. The van der Waals surface area contributed by atoms with Crippen molar-refractivity contribution in [1.82, 2.24) is 4.90 Å². The molecule has 0 aliphatic heterocycles. The molecule has 24 heavy (non-hydrogen) atoms. The molecule has 1 saturated carbocycles. The van der Waals surface area contributed by atoms with Crippen LogP contribution in [0.25, 0.3) is 0 Å². The fourth-order valence-electron chi connectivity index (χ4n) is 3.07. The van der Waals surface area contributed by atoms with Crippen molar-refractivity contribution in [2.75, 3.05) is 21.3 Å². The van der Waals surface area contributed by atoms with Crippen LogP contribution >= 0.6 is 0 Å². The Kier molecular flexibility index (Phi) is 6.35. The van der Waals surface area contributed by atoms with E-state index < -0.39 is 0 Å². The summed E-state index contributed by atoms with van der Waals surface area (Å²) in [5, 5.41) is 0. The molecule has 0 saturated heterocycles. The molecular formula is C19H29NO4. The number of benzene rings is 1. The second-order valence-electron chi connectivity index (χ2n) is 6.24. The van der Waals surface area contributed by atoms with Gasteiger partial charge in [0.05, 0.1) is 21.3 Å². The largest absolute Gasteiger partial charge is 0.493 e. The van der Waals surface area contributed by atoms with Crippen LogP contribution in [-0.2, 0) is 11.3 Å². The molecule has 1 aromatic rings. The van der Waals surface area contributed by atoms with Crippen molar-refractivity contribution < 1.29 is 19.0 Å². The Morgan fingerprint density at radius 1 is 1.08 bits per heavy atom. The third-order valence-electron chi connectivity index (χ3n) is 4.68. The van der Waals surface area contributed by atoms with Gasteiger partial charge in [-0.2, -0.15) is 0 Å². The van der Waals surface area contributed by atoms with E-state index in [9.17, 15) is 4.79 Å². The molecule has 1 aliphatic carbocycles. The second-order valence-corrected chi connectivity index (χ2v) is 6.24. The minimum atomic E-state index is 0.104. The van der Waals surface area contributed by atoms with Crippen LogP contribution in [-0.4, -0.2) is 38.2 Å². The lowest BCUT2D eigenvalue weighted by Crippen LogP contribution is -2.37. The topological polar surface area (TPSA) is 48.0 Å². The molecule has 5 nitrogen and oxygen atoms in total. The lowest BCUT2D eigenvalue weighted by atomic mass is 10.0. The molecule has 1 amide bonds. The van der Waals surface area contributed by atoms with E-state index in [1.807, 2.05) is 17.0 Å². The molecule has 134 valence electrons. The van der Waals surface area contributed by atoms with E-state index in [1.54, 1.807) is 21.3 Å². The number of nitrogens with zero attached hydrogens (tertiary/aromatic N) is 1. The number of hydrogen-bond acceptors (Lipinski definition) is 4. The van der Waals surface area contributed by atoms with E-state index in [0.717, 1.165) is 31.2 Å². The van der Waals surface area contributed by atoms with E-state index in [1.165, 1.54) is 0 Å². The van der Waals surface area contributed by atoms with Crippen molar-refractivity contribution in [1.29, 1.82) is 0 Å². The molecular weight excluding hydrogens is 306 g/mol. The van der Waals surface area contributed by atoms with Crippen molar-refractivity contribution >= 4 is 5.91 Å². The number of amides is 1. The Labute approximate surface area is 144 Å². The molecule has 0 spiro atoms. The SMILES string of the molecule is CCC(CC)C(=O)N(Cc1cc(OC)c(OC)c(OC)c1)C1CC1. The quantitative estimate of drug-likeness (QED) is 0.691. The van der Waals surface area contributed by atoms with Gasteiger partial charge in [-0.3, -0.25) is 4.79 Å². The maximum Gasteiger partial charge on any atom is 0.226 e. The second kappa shape index (κ2) is 8.27. The minimum Gasteiger partial charge on any atom is -0.493 e. The van der Waals surface area contributed by atoms with Gasteiger partial charge in [0.2, 0.25) is 11.7 Å². The van der Waals surface area contributed by atoms with Crippen molar-refractivity contribution in [2.45, 2.75) is 52.1 Å². The predicted molar refractivity (Wildman–Crippen MR) is 93.7 cm³/mol. The molecule has 0 radical (unpaired) electrons. The number of hydrogen-bond donors (Lipinski definition) is 0. The van der Waals surface area contributed by atoms with E-state index in [2.05, 4.69) is 13.8 Å². The van der Waals surface area contributed by atoms with Crippen LogP contribution in [0.3, 0.4) is 0 Å². The van der Waals surface area contributed by atoms with Gasteiger partial charge in [0.25, 0.3) is 0 Å². The summed E-state index contributed by atoms with van der Waals surface area (Å²) in [4.78, 5) is 14.9. The van der Waals surface area contributed by atoms with Gasteiger partial charge >= 0.3 is 0 Å². The molecule has 1 aromatic carbocycles. The van der Waals surface area contributed by atoms with E-state index in [-0.39, 0.29) is 11.8 Å². The van der Waals surface area contributed by atoms with Crippen LogP contribution in [0.5, 0.6) is 17.2 Å². The Morgan fingerprint density at radius 2 is 1.62 bits per heavy atom. The molecule has 1 aliphatic rings. The highest BCUT2D eigenvalue weighted by molar-refractivity contribution is 5.79. The predicted octanol–water partition coefficient (Wildman–Crippen LogP) is 3.64. The van der Waals surface area contributed by atoms with Crippen molar-refractivity contribution in [3.8, 4) is 17.2 Å². The zero-order valence-electron chi connectivity index (χ0n) is 15.4. The third-order valence-corrected chi connectivity index (χ3v) is 4.68. The summed E-state index contributed by atoms with van der Waals surface area (Å²) >= 11 is 0. The summed E-state index contributed by atoms with van der Waals surface area (Å²) < 4.78 is 16.2. The van der Waals surface area contributed by atoms with E-state index in [0.29, 0.717) is 29.8 Å². The van der Waals surface area contributed by atoms with E-state index >= 15 is 0 Å². The number of rotatable bonds is 9. The monoisotopic (exact) mass is 335 g/mol. The Balaban J connectivity index is 2.28. The average molecular weight is 335 g/mol. The Morgan fingerprint density at radius 3 is 2.00 bits per heavy atom. The third kappa shape index (κ3) is 3.94. The van der Waals surface area contributed by atoms with E-state index in [4.69, 9.17) is 14.2 Å². The maximum atomic E-state index is 12.9. The molecule has 0 unspecified atom stereocenters. The lowest BCUT2D eigenvalue weighted by Gasteiger charge is -2.27. The van der Waals surface area contributed by atoms with Crippen molar-refractivity contribution in [3.05, 3.63) is 17.7 Å². The molecule has 2 rings (SSSR count). The normalized spacial score (nSPS) is 13.8. The fourth-order valence-corrected chi connectivity index (χ4v) is 3.07.